The normalized spacial score (nSPS) is 11.8. The third-order valence-electron chi connectivity index (χ3n) is 2.41. The van der Waals surface area contributed by atoms with Gasteiger partial charge in [-0.3, -0.25) is 10.1 Å². The van der Waals surface area contributed by atoms with Crippen LogP contribution < -0.4 is 0 Å². The molecule has 0 aliphatic carbocycles. The minimum absolute atomic E-state index is 0.00914. The molecule has 0 radical (unpaired) electrons. The van der Waals surface area contributed by atoms with E-state index in [0.717, 1.165) is 5.56 Å². The molecule has 2 rings (SSSR count). The predicted octanol–water partition coefficient (Wildman–Crippen LogP) is 4.92. The zero-order chi connectivity index (χ0) is 14.4. The number of hydrogen-bond donors (Lipinski definition) is 0. The summed E-state index contributed by atoms with van der Waals surface area (Å²) in [5, 5.41) is 18.5. The van der Waals surface area contributed by atoms with Crippen molar-refractivity contribution in [2.24, 2.45) is 10.2 Å². The molecule has 5 nitrogen and oxygen atoms in total. The first-order valence-corrected chi connectivity index (χ1v) is 6.11. The van der Waals surface area contributed by atoms with E-state index >= 15 is 0 Å². The molecule has 20 heavy (non-hydrogen) atoms. The van der Waals surface area contributed by atoms with E-state index in [-0.39, 0.29) is 10.8 Å². The summed E-state index contributed by atoms with van der Waals surface area (Å²) < 4.78 is 0. The topological polar surface area (TPSA) is 67.9 Å². The van der Waals surface area contributed by atoms with Crippen molar-refractivity contribution in [2.45, 2.75) is 0 Å². The molecule has 0 saturated carbocycles. The number of nitrogens with zero attached hydrogens (tertiary/aromatic N) is 3. The molecule has 0 atom stereocenters. The van der Waals surface area contributed by atoms with Crippen LogP contribution in [-0.4, -0.2) is 4.92 Å². The van der Waals surface area contributed by atoms with Gasteiger partial charge >= 0.3 is 0 Å². The SMILES string of the molecule is O=[N+]([O-])c1ccc(N=N/C(Cl)=C/c2ccccc2)cc1. The summed E-state index contributed by atoms with van der Waals surface area (Å²) in [6.45, 7) is 0. The Bertz CT molecular complexity index is 652. The average Bonchev–Trinajstić information content (AvgIpc) is 2.46. The van der Waals surface area contributed by atoms with Crippen LogP contribution in [-0.2, 0) is 0 Å². The lowest BCUT2D eigenvalue weighted by molar-refractivity contribution is -0.384. The molecule has 0 aromatic heterocycles. The second-order valence-electron chi connectivity index (χ2n) is 3.85. The van der Waals surface area contributed by atoms with Gasteiger partial charge in [-0.2, -0.15) is 0 Å². The Hall–Kier alpha value is -2.53. The van der Waals surface area contributed by atoms with Crippen molar-refractivity contribution >= 4 is 29.1 Å². The molecule has 2 aromatic rings. The Morgan fingerprint density at radius 1 is 1.10 bits per heavy atom. The van der Waals surface area contributed by atoms with Crippen LogP contribution in [0.4, 0.5) is 11.4 Å². The van der Waals surface area contributed by atoms with Crippen molar-refractivity contribution < 1.29 is 4.92 Å². The van der Waals surface area contributed by atoms with Gasteiger partial charge in [-0.15, -0.1) is 10.2 Å². The molecule has 0 spiro atoms. The van der Waals surface area contributed by atoms with Crippen LogP contribution in [0.5, 0.6) is 0 Å². The van der Waals surface area contributed by atoms with Crippen LogP contribution in [0.3, 0.4) is 0 Å². The largest absolute Gasteiger partial charge is 0.269 e. The maximum Gasteiger partial charge on any atom is 0.269 e. The van der Waals surface area contributed by atoms with Gasteiger partial charge < -0.3 is 0 Å². The molecule has 0 aliphatic rings. The van der Waals surface area contributed by atoms with E-state index in [0.29, 0.717) is 5.69 Å². The molecular formula is C14H10ClN3O2. The highest BCUT2D eigenvalue weighted by Gasteiger charge is 2.03. The van der Waals surface area contributed by atoms with Gasteiger partial charge in [0.2, 0.25) is 0 Å². The van der Waals surface area contributed by atoms with Crippen LogP contribution in [0.2, 0.25) is 0 Å². The van der Waals surface area contributed by atoms with E-state index < -0.39 is 4.92 Å². The maximum absolute atomic E-state index is 10.5. The van der Waals surface area contributed by atoms with Crippen molar-refractivity contribution in [1.29, 1.82) is 0 Å². The fraction of sp³-hybridized carbons (Fsp3) is 0. The van der Waals surface area contributed by atoms with Crippen LogP contribution in [0, 0.1) is 10.1 Å². The highest BCUT2D eigenvalue weighted by molar-refractivity contribution is 6.31. The Kier molecular flexibility index (Phi) is 4.57. The third-order valence-corrected chi connectivity index (χ3v) is 2.59. The summed E-state index contributed by atoms with van der Waals surface area (Å²) in [7, 11) is 0. The summed E-state index contributed by atoms with van der Waals surface area (Å²) in [6, 6.07) is 15.2. The van der Waals surface area contributed by atoms with Crippen molar-refractivity contribution in [2.75, 3.05) is 0 Å². The van der Waals surface area contributed by atoms with Crippen LogP contribution >= 0.6 is 11.6 Å². The molecule has 0 aliphatic heterocycles. The van der Waals surface area contributed by atoms with E-state index in [9.17, 15) is 10.1 Å². The zero-order valence-electron chi connectivity index (χ0n) is 10.3. The average molecular weight is 288 g/mol. The third kappa shape index (κ3) is 4.00. The summed E-state index contributed by atoms with van der Waals surface area (Å²) in [4.78, 5) is 10.0. The Morgan fingerprint density at radius 2 is 1.75 bits per heavy atom. The standard InChI is InChI=1S/C14H10ClN3O2/c15-14(10-11-4-2-1-3-5-11)17-16-12-6-8-13(9-7-12)18(19)20/h1-10H/b14-10+,17-16?. The second kappa shape index (κ2) is 6.58. The van der Waals surface area contributed by atoms with E-state index in [4.69, 9.17) is 11.6 Å². The van der Waals surface area contributed by atoms with Gasteiger partial charge in [-0.25, -0.2) is 0 Å². The van der Waals surface area contributed by atoms with Gasteiger partial charge in [0.25, 0.3) is 5.69 Å². The summed E-state index contributed by atoms with van der Waals surface area (Å²) >= 11 is 5.94. The van der Waals surface area contributed by atoms with Gasteiger partial charge in [0.05, 0.1) is 10.6 Å². The van der Waals surface area contributed by atoms with Crippen molar-refractivity contribution in [3.05, 3.63) is 75.4 Å². The molecule has 100 valence electrons. The van der Waals surface area contributed by atoms with E-state index in [1.807, 2.05) is 30.3 Å². The van der Waals surface area contributed by atoms with Gasteiger partial charge in [0.15, 0.2) is 5.16 Å². The quantitative estimate of drug-likeness (QED) is 0.347. The first-order valence-electron chi connectivity index (χ1n) is 5.73. The summed E-state index contributed by atoms with van der Waals surface area (Å²) in [6.07, 6.45) is 1.68. The highest BCUT2D eigenvalue weighted by Crippen LogP contribution is 2.20. The van der Waals surface area contributed by atoms with Crippen molar-refractivity contribution in [1.82, 2.24) is 0 Å². The number of benzene rings is 2. The van der Waals surface area contributed by atoms with E-state index in [1.165, 1.54) is 24.3 Å². The van der Waals surface area contributed by atoms with E-state index in [1.54, 1.807) is 6.08 Å². The highest BCUT2D eigenvalue weighted by atomic mass is 35.5. The van der Waals surface area contributed by atoms with Gasteiger partial charge in [-0.05, 0) is 23.8 Å². The minimum atomic E-state index is -0.469. The van der Waals surface area contributed by atoms with Crippen molar-refractivity contribution in [3.8, 4) is 0 Å². The monoisotopic (exact) mass is 287 g/mol. The number of halogens is 1. The Morgan fingerprint density at radius 3 is 2.35 bits per heavy atom. The smallest absolute Gasteiger partial charge is 0.258 e. The first kappa shape index (κ1) is 13.9. The predicted molar refractivity (Wildman–Crippen MR) is 77.9 cm³/mol. The molecule has 0 N–H and O–H groups in total. The molecule has 0 amide bonds. The number of rotatable bonds is 4. The van der Waals surface area contributed by atoms with Crippen LogP contribution in [0.1, 0.15) is 5.56 Å². The molecule has 0 bridgehead atoms. The molecule has 6 heteroatoms. The molecule has 2 aromatic carbocycles. The number of nitro benzene ring substituents is 1. The minimum Gasteiger partial charge on any atom is -0.258 e. The van der Waals surface area contributed by atoms with Crippen LogP contribution in [0.25, 0.3) is 6.08 Å². The lowest BCUT2D eigenvalue weighted by Crippen LogP contribution is -1.85. The number of hydrogen-bond acceptors (Lipinski definition) is 4. The number of non-ortho nitro benzene ring substituents is 1. The summed E-state index contributed by atoms with van der Waals surface area (Å²) in [5.41, 5.74) is 1.42. The molecule has 0 fully saturated rings. The fourth-order valence-electron chi connectivity index (χ4n) is 1.46. The van der Waals surface area contributed by atoms with Crippen molar-refractivity contribution in [3.63, 3.8) is 0 Å². The lowest BCUT2D eigenvalue weighted by Gasteiger charge is -1.94. The lowest BCUT2D eigenvalue weighted by atomic mass is 10.2. The molecular weight excluding hydrogens is 278 g/mol. The van der Waals surface area contributed by atoms with Gasteiger partial charge in [0, 0.05) is 12.1 Å². The Labute approximate surface area is 120 Å². The second-order valence-corrected chi connectivity index (χ2v) is 4.24. The van der Waals surface area contributed by atoms with Crippen LogP contribution in [0.15, 0.2) is 70.0 Å². The van der Waals surface area contributed by atoms with Gasteiger partial charge in [-0.1, -0.05) is 41.9 Å². The maximum atomic E-state index is 10.5. The van der Waals surface area contributed by atoms with E-state index in [2.05, 4.69) is 10.2 Å². The number of nitro groups is 1. The van der Waals surface area contributed by atoms with Gasteiger partial charge in [0.1, 0.15) is 0 Å². The zero-order valence-corrected chi connectivity index (χ0v) is 11.1. The Balaban J connectivity index is 2.09. The summed E-state index contributed by atoms with van der Waals surface area (Å²) in [5.74, 6) is 0. The fourth-order valence-corrected chi connectivity index (χ4v) is 1.63. The first-order chi connectivity index (χ1) is 9.65. The molecule has 0 unspecified atom stereocenters. The molecule has 0 heterocycles. The molecule has 0 saturated heterocycles. The number of azo groups is 1.